The fraction of sp³-hybridized carbons (Fsp3) is 0.429. The van der Waals surface area contributed by atoms with Gasteiger partial charge in [-0.2, -0.15) is 0 Å². The van der Waals surface area contributed by atoms with Crippen molar-refractivity contribution in [1.82, 2.24) is 10.6 Å². The smallest absolute Gasteiger partial charge is 0.409 e. The second kappa shape index (κ2) is 7.49. The van der Waals surface area contributed by atoms with E-state index in [4.69, 9.17) is 4.74 Å². The number of ether oxygens (including phenoxy) is 1. The van der Waals surface area contributed by atoms with E-state index >= 15 is 0 Å². The van der Waals surface area contributed by atoms with Crippen molar-refractivity contribution in [2.75, 3.05) is 7.05 Å². The molecule has 6 nitrogen and oxygen atoms in total. The van der Waals surface area contributed by atoms with E-state index in [9.17, 15) is 14.7 Å². The summed E-state index contributed by atoms with van der Waals surface area (Å²) >= 11 is 0. The fourth-order valence-corrected chi connectivity index (χ4v) is 1.83. The predicted octanol–water partition coefficient (Wildman–Crippen LogP) is 1.71. The van der Waals surface area contributed by atoms with Crippen molar-refractivity contribution in [3.05, 3.63) is 35.9 Å². The molecule has 1 unspecified atom stereocenters. The normalized spacial score (nSPS) is 13.3. The molecular weight excluding hydrogens is 260 g/mol. The summed E-state index contributed by atoms with van der Waals surface area (Å²) in [5, 5.41) is 14.3. The number of carboxylic acid groups (broad SMARTS) is 1. The lowest BCUT2D eigenvalue weighted by molar-refractivity contribution is -0.146. The van der Waals surface area contributed by atoms with Crippen LogP contribution >= 0.6 is 0 Å². The molecule has 1 rings (SSSR count). The van der Waals surface area contributed by atoms with Crippen LogP contribution in [0.3, 0.4) is 0 Å². The maximum atomic E-state index is 11.7. The van der Waals surface area contributed by atoms with Crippen molar-refractivity contribution in [3.8, 4) is 0 Å². The minimum absolute atomic E-state index is 0.0954. The van der Waals surface area contributed by atoms with Crippen molar-refractivity contribution in [2.45, 2.75) is 32.0 Å². The molecule has 0 aliphatic carbocycles. The monoisotopic (exact) mass is 280 g/mol. The van der Waals surface area contributed by atoms with Crippen molar-refractivity contribution in [3.63, 3.8) is 0 Å². The molecule has 0 aliphatic heterocycles. The van der Waals surface area contributed by atoms with Gasteiger partial charge >= 0.3 is 12.1 Å². The van der Waals surface area contributed by atoms with Gasteiger partial charge in [-0.15, -0.1) is 0 Å². The summed E-state index contributed by atoms with van der Waals surface area (Å²) in [5.74, 6) is -1.14. The van der Waals surface area contributed by atoms with Gasteiger partial charge in [-0.05, 0) is 19.0 Å². The molecule has 0 heterocycles. The summed E-state index contributed by atoms with van der Waals surface area (Å²) in [4.78, 5) is 23.1. The number of carbonyl (C=O) groups is 2. The van der Waals surface area contributed by atoms with Gasteiger partial charge in [-0.3, -0.25) is 10.6 Å². The zero-order chi connectivity index (χ0) is 15.0. The van der Waals surface area contributed by atoms with E-state index in [1.165, 1.54) is 7.05 Å². The zero-order valence-corrected chi connectivity index (χ0v) is 11.7. The largest absolute Gasteiger partial charge is 0.478 e. The Hall–Kier alpha value is -2.08. The lowest BCUT2D eigenvalue weighted by atomic mass is 10.1. The van der Waals surface area contributed by atoms with Crippen LogP contribution in [0.4, 0.5) is 4.79 Å². The molecule has 0 fully saturated rings. The average Bonchev–Trinajstić information content (AvgIpc) is 2.45. The van der Waals surface area contributed by atoms with E-state index in [2.05, 4.69) is 10.6 Å². The average molecular weight is 280 g/mol. The SMILES string of the molecule is CCCC(NC)(NC(=O)OCc1ccccc1)C(=O)O. The van der Waals surface area contributed by atoms with E-state index < -0.39 is 17.7 Å². The van der Waals surface area contributed by atoms with Gasteiger partial charge < -0.3 is 9.84 Å². The van der Waals surface area contributed by atoms with Crippen molar-refractivity contribution < 1.29 is 19.4 Å². The molecule has 1 atom stereocenters. The number of amides is 1. The first-order valence-corrected chi connectivity index (χ1v) is 6.45. The van der Waals surface area contributed by atoms with Gasteiger partial charge in [-0.25, -0.2) is 9.59 Å². The number of hydrogen-bond acceptors (Lipinski definition) is 4. The summed E-state index contributed by atoms with van der Waals surface area (Å²) in [6.07, 6.45) is 0.102. The molecule has 1 aromatic carbocycles. The molecule has 0 spiro atoms. The first-order chi connectivity index (χ1) is 9.54. The van der Waals surface area contributed by atoms with Crippen molar-refractivity contribution in [2.24, 2.45) is 0 Å². The van der Waals surface area contributed by atoms with Gasteiger partial charge in [0.15, 0.2) is 5.66 Å². The van der Waals surface area contributed by atoms with E-state index in [0.29, 0.717) is 6.42 Å². The quantitative estimate of drug-likeness (QED) is 0.662. The number of alkyl carbamates (subject to hydrolysis) is 1. The van der Waals surface area contributed by atoms with E-state index in [0.717, 1.165) is 5.56 Å². The third-order valence-corrected chi connectivity index (χ3v) is 2.95. The molecule has 1 amide bonds. The Morgan fingerprint density at radius 3 is 2.45 bits per heavy atom. The Balaban J connectivity index is 2.60. The highest BCUT2D eigenvalue weighted by atomic mass is 16.5. The third-order valence-electron chi connectivity index (χ3n) is 2.95. The molecule has 0 saturated carbocycles. The minimum atomic E-state index is -1.50. The Bertz CT molecular complexity index is 450. The lowest BCUT2D eigenvalue weighted by Gasteiger charge is -2.29. The summed E-state index contributed by atoms with van der Waals surface area (Å²) in [6, 6.07) is 9.18. The topological polar surface area (TPSA) is 87.7 Å². The second-order valence-corrected chi connectivity index (χ2v) is 4.40. The zero-order valence-electron chi connectivity index (χ0n) is 11.7. The molecule has 1 aromatic rings. The molecule has 20 heavy (non-hydrogen) atoms. The van der Waals surface area contributed by atoms with Crippen LogP contribution in [0.1, 0.15) is 25.3 Å². The summed E-state index contributed by atoms with van der Waals surface area (Å²) in [5.41, 5.74) is -0.661. The summed E-state index contributed by atoms with van der Waals surface area (Å²) in [6.45, 7) is 1.93. The molecule has 3 N–H and O–H groups in total. The summed E-state index contributed by atoms with van der Waals surface area (Å²) < 4.78 is 5.03. The molecular formula is C14H20N2O4. The van der Waals surface area contributed by atoms with Crippen LogP contribution in [0, 0.1) is 0 Å². The third kappa shape index (κ3) is 4.24. The highest BCUT2D eigenvalue weighted by Gasteiger charge is 2.38. The van der Waals surface area contributed by atoms with Crippen LogP contribution in [0.2, 0.25) is 0 Å². The maximum absolute atomic E-state index is 11.7. The predicted molar refractivity (Wildman–Crippen MR) is 74.1 cm³/mol. The van der Waals surface area contributed by atoms with Crippen LogP contribution in [0.25, 0.3) is 0 Å². The van der Waals surface area contributed by atoms with Gasteiger partial charge in [-0.1, -0.05) is 43.7 Å². The number of nitrogens with one attached hydrogen (secondary N) is 2. The Morgan fingerprint density at radius 2 is 1.95 bits per heavy atom. The van der Waals surface area contributed by atoms with Gasteiger partial charge in [0.25, 0.3) is 0 Å². The number of carboxylic acids is 1. The standard InChI is InChI=1S/C14H20N2O4/c1-3-9-14(15-2,12(17)18)16-13(19)20-10-11-7-5-4-6-8-11/h4-8,15H,3,9-10H2,1-2H3,(H,16,19)(H,17,18). The Labute approximate surface area is 118 Å². The summed E-state index contributed by atoms with van der Waals surface area (Å²) in [7, 11) is 1.49. The maximum Gasteiger partial charge on any atom is 0.409 e. The van der Waals surface area contributed by atoms with Gasteiger partial charge in [0.2, 0.25) is 0 Å². The van der Waals surface area contributed by atoms with Gasteiger partial charge in [0.05, 0.1) is 0 Å². The molecule has 0 aromatic heterocycles. The van der Waals surface area contributed by atoms with Crippen LogP contribution in [0.15, 0.2) is 30.3 Å². The number of benzene rings is 1. The van der Waals surface area contributed by atoms with Crippen LogP contribution < -0.4 is 10.6 Å². The highest BCUT2D eigenvalue weighted by Crippen LogP contribution is 2.10. The molecule has 6 heteroatoms. The lowest BCUT2D eigenvalue weighted by Crippen LogP contribution is -2.63. The van der Waals surface area contributed by atoms with Crippen molar-refractivity contribution in [1.29, 1.82) is 0 Å². The van der Waals surface area contributed by atoms with Gasteiger partial charge in [0, 0.05) is 0 Å². The molecule has 0 radical (unpaired) electrons. The number of hydrogen-bond donors (Lipinski definition) is 3. The molecule has 0 bridgehead atoms. The Morgan fingerprint density at radius 1 is 1.30 bits per heavy atom. The molecule has 110 valence electrons. The van der Waals surface area contributed by atoms with E-state index in [1.807, 2.05) is 37.3 Å². The van der Waals surface area contributed by atoms with E-state index in [-0.39, 0.29) is 13.0 Å². The van der Waals surface area contributed by atoms with Gasteiger partial charge in [0.1, 0.15) is 6.61 Å². The molecule has 0 aliphatic rings. The first-order valence-electron chi connectivity index (χ1n) is 6.45. The highest BCUT2D eigenvalue weighted by molar-refractivity contribution is 5.83. The van der Waals surface area contributed by atoms with Crippen LogP contribution in [0.5, 0.6) is 0 Å². The first kappa shape index (κ1) is 16.0. The van der Waals surface area contributed by atoms with Crippen LogP contribution in [-0.2, 0) is 16.1 Å². The second-order valence-electron chi connectivity index (χ2n) is 4.40. The number of aliphatic carboxylic acids is 1. The fourth-order valence-electron chi connectivity index (χ4n) is 1.83. The number of rotatable bonds is 7. The minimum Gasteiger partial charge on any atom is -0.478 e. The van der Waals surface area contributed by atoms with Crippen LogP contribution in [-0.4, -0.2) is 29.9 Å². The molecule has 0 saturated heterocycles. The van der Waals surface area contributed by atoms with Crippen molar-refractivity contribution >= 4 is 12.1 Å². The number of carbonyl (C=O) groups excluding carboxylic acids is 1. The van der Waals surface area contributed by atoms with E-state index in [1.54, 1.807) is 0 Å². The number of likely N-dealkylation sites (N-methyl/N-ethyl adjacent to an activating group) is 1. The Kier molecular flexibility index (Phi) is 5.99.